The number of amides is 1. The van der Waals surface area contributed by atoms with Crippen molar-refractivity contribution in [2.75, 3.05) is 0 Å². The highest BCUT2D eigenvalue weighted by atomic mass is 16.5. The summed E-state index contributed by atoms with van der Waals surface area (Å²) in [5, 5.41) is 2.91. The summed E-state index contributed by atoms with van der Waals surface area (Å²) >= 11 is 0. The quantitative estimate of drug-likeness (QED) is 0.885. The third-order valence-corrected chi connectivity index (χ3v) is 4.43. The van der Waals surface area contributed by atoms with E-state index in [2.05, 4.69) is 22.4 Å². The van der Waals surface area contributed by atoms with Gasteiger partial charge in [-0.3, -0.25) is 9.78 Å². The molecule has 1 aliphatic carbocycles. The molecule has 4 nitrogen and oxygen atoms in total. The fourth-order valence-corrected chi connectivity index (χ4v) is 3.06. The van der Waals surface area contributed by atoms with Gasteiger partial charge in [0.1, 0.15) is 5.75 Å². The molecule has 0 aliphatic heterocycles. The molecule has 1 N–H and O–H groups in total. The average molecular weight is 324 g/mol. The number of rotatable bonds is 6. The minimum Gasteiger partial charge on any atom is -0.481 e. The largest absolute Gasteiger partial charge is 0.481 e. The zero-order valence-electron chi connectivity index (χ0n) is 14.1. The summed E-state index contributed by atoms with van der Waals surface area (Å²) in [5.41, 5.74) is 3.62. The molecule has 1 atom stereocenters. The van der Waals surface area contributed by atoms with Crippen molar-refractivity contribution in [2.24, 2.45) is 0 Å². The van der Waals surface area contributed by atoms with Crippen LogP contribution in [0.15, 0.2) is 42.6 Å². The average Bonchev–Trinajstić information content (AvgIpc) is 2.65. The first-order valence-electron chi connectivity index (χ1n) is 8.72. The molecule has 24 heavy (non-hydrogen) atoms. The molecule has 0 spiro atoms. The highest BCUT2D eigenvalue weighted by Crippen LogP contribution is 2.26. The molecule has 1 amide bonds. The van der Waals surface area contributed by atoms with Gasteiger partial charge in [0.2, 0.25) is 0 Å². The maximum Gasteiger partial charge on any atom is 0.261 e. The van der Waals surface area contributed by atoms with E-state index in [1.54, 1.807) is 6.20 Å². The van der Waals surface area contributed by atoms with E-state index < -0.39 is 6.10 Å². The number of hydrogen-bond donors (Lipinski definition) is 1. The molecule has 1 heterocycles. The van der Waals surface area contributed by atoms with Gasteiger partial charge in [-0.05, 0) is 67.5 Å². The van der Waals surface area contributed by atoms with Crippen molar-refractivity contribution in [2.45, 2.75) is 51.7 Å². The number of carbonyl (C=O) groups excluding carboxylic acids is 1. The van der Waals surface area contributed by atoms with Gasteiger partial charge in [0.25, 0.3) is 5.91 Å². The monoisotopic (exact) mass is 324 g/mol. The van der Waals surface area contributed by atoms with Crippen LogP contribution in [0.2, 0.25) is 0 Å². The molecular weight excluding hydrogens is 300 g/mol. The lowest BCUT2D eigenvalue weighted by Crippen LogP contribution is -2.37. The van der Waals surface area contributed by atoms with Crippen LogP contribution in [-0.4, -0.2) is 17.0 Å². The van der Waals surface area contributed by atoms with Crippen LogP contribution in [0.1, 0.15) is 43.0 Å². The van der Waals surface area contributed by atoms with Crippen molar-refractivity contribution in [3.05, 3.63) is 59.4 Å². The Morgan fingerprint density at radius 2 is 2.04 bits per heavy atom. The summed E-state index contributed by atoms with van der Waals surface area (Å²) < 4.78 is 5.95. The Bertz CT molecular complexity index is 685. The van der Waals surface area contributed by atoms with Crippen LogP contribution in [0.5, 0.6) is 5.75 Å². The van der Waals surface area contributed by atoms with E-state index in [0.717, 1.165) is 24.3 Å². The Kier molecular flexibility index (Phi) is 5.47. The van der Waals surface area contributed by atoms with Crippen LogP contribution >= 0.6 is 0 Å². The number of aromatic nitrogens is 1. The first-order chi connectivity index (χ1) is 11.8. The summed E-state index contributed by atoms with van der Waals surface area (Å²) in [6.45, 7) is 2.38. The summed E-state index contributed by atoms with van der Waals surface area (Å²) in [7, 11) is 0. The van der Waals surface area contributed by atoms with Crippen LogP contribution < -0.4 is 10.1 Å². The molecule has 0 fully saturated rings. The van der Waals surface area contributed by atoms with Gasteiger partial charge in [-0.25, -0.2) is 0 Å². The third-order valence-electron chi connectivity index (χ3n) is 4.43. The number of carbonyl (C=O) groups is 1. The highest BCUT2D eigenvalue weighted by molar-refractivity contribution is 5.81. The van der Waals surface area contributed by atoms with Gasteiger partial charge in [-0.15, -0.1) is 0 Å². The van der Waals surface area contributed by atoms with Crippen LogP contribution in [0.4, 0.5) is 0 Å². The molecule has 1 aliphatic rings. The molecule has 126 valence electrons. The van der Waals surface area contributed by atoms with Crippen molar-refractivity contribution in [3.63, 3.8) is 0 Å². The lowest BCUT2D eigenvalue weighted by molar-refractivity contribution is -0.128. The first-order valence-corrected chi connectivity index (χ1v) is 8.72. The van der Waals surface area contributed by atoms with Gasteiger partial charge in [0.15, 0.2) is 6.10 Å². The van der Waals surface area contributed by atoms with E-state index >= 15 is 0 Å². The number of ether oxygens (including phenoxy) is 1. The van der Waals surface area contributed by atoms with Crippen molar-refractivity contribution >= 4 is 5.91 Å². The molecule has 0 bridgehead atoms. The molecule has 0 saturated carbocycles. The molecule has 4 heteroatoms. The number of hydrogen-bond acceptors (Lipinski definition) is 3. The van der Waals surface area contributed by atoms with Gasteiger partial charge in [-0.2, -0.15) is 0 Å². The first kappa shape index (κ1) is 16.5. The Labute approximate surface area is 143 Å². The smallest absolute Gasteiger partial charge is 0.261 e. The molecule has 0 unspecified atom stereocenters. The van der Waals surface area contributed by atoms with Crippen LogP contribution in [0, 0.1) is 0 Å². The molecule has 3 rings (SSSR count). The van der Waals surface area contributed by atoms with Crippen molar-refractivity contribution < 1.29 is 9.53 Å². The van der Waals surface area contributed by atoms with E-state index in [1.165, 1.54) is 24.0 Å². The minimum atomic E-state index is -0.477. The van der Waals surface area contributed by atoms with Gasteiger partial charge in [-0.1, -0.05) is 19.1 Å². The Morgan fingerprint density at radius 3 is 2.79 bits per heavy atom. The normalized spacial score (nSPS) is 14.5. The second-order valence-electron chi connectivity index (χ2n) is 6.19. The number of nitrogens with zero attached hydrogens (tertiary/aromatic N) is 1. The van der Waals surface area contributed by atoms with E-state index in [9.17, 15) is 4.79 Å². The van der Waals surface area contributed by atoms with Crippen LogP contribution in [0.25, 0.3) is 0 Å². The fraction of sp³-hybridized carbons (Fsp3) is 0.400. The standard InChI is InChI=1S/C20H24N2O2/c1-2-19(20(23)22-14-17-9-5-6-12-21-17)24-18-11-10-15-7-3-4-8-16(15)13-18/h5-6,9-13,19H,2-4,7-8,14H2,1H3,(H,22,23)/t19-/m0/s1. The number of aryl methyl sites for hydroxylation is 2. The molecule has 0 saturated heterocycles. The van der Waals surface area contributed by atoms with Crippen LogP contribution in [-0.2, 0) is 24.2 Å². The molecule has 2 aromatic rings. The number of pyridine rings is 1. The van der Waals surface area contributed by atoms with E-state index in [1.807, 2.05) is 31.2 Å². The summed E-state index contributed by atoms with van der Waals surface area (Å²) in [6.07, 6.45) is 6.63. The lowest BCUT2D eigenvalue weighted by Gasteiger charge is -2.20. The Hall–Kier alpha value is -2.36. The second-order valence-corrected chi connectivity index (χ2v) is 6.19. The summed E-state index contributed by atoms with van der Waals surface area (Å²) in [4.78, 5) is 16.6. The number of benzene rings is 1. The zero-order chi connectivity index (χ0) is 16.8. The maximum absolute atomic E-state index is 12.4. The van der Waals surface area contributed by atoms with Crippen molar-refractivity contribution in [1.29, 1.82) is 0 Å². The van der Waals surface area contributed by atoms with Gasteiger partial charge < -0.3 is 10.1 Å². The SMILES string of the molecule is CC[C@H](Oc1ccc2c(c1)CCCC2)C(=O)NCc1ccccn1. The zero-order valence-corrected chi connectivity index (χ0v) is 14.1. The van der Waals surface area contributed by atoms with Gasteiger partial charge in [0.05, 0.1) is 12.2 Å². The predicted molar refractivity (Wildman–Crippen MR) is 93.9 cm³/mol. The van der Waals surface area contributed by atoms with Gasteiger partial charge in [0, 0.05) is 6.20 Å². The molecule has 0 radical (unpaired) electrons. The molecule has 1 aromatic carbocycles. The second kappa shape index (κ2) is 7.95. The van der Waals surface area contributed by atoms with E-state index in [0.29, 0.717) is 13.0 Å². The van der Waals surface area contributed by atoms with Crippen molar-refractivity contribution in [3.8, 4) is 5.75 Å². The topological polar surface area (TPSA) is 51.2 Å². The number of nitrogens with one attached hydrogen (secondary N) is 1. The van der Waals surface area contributed by atoms with Crippen LogP contribution in [0.3, 0.4) is 0 Å². The number of fused-ring (bicyclic) bond motifs is 1. The lowest BCUT2D eigenvalue weighted by atomic mass is 9.92. The highest BCUT2D eigenvalue weighted by Gasteiger charge is 2.19. The molecule has 1 aromatic heterocycles. The predicted octanol–water partition coefficient (Wildman–Crippen LogP) is 3.43. The van der Waals surface area contributed by atoms with E-state index in [4.69, 9.17) is 4.74 Å². The summed E-state index contributed by atoms with van der Waals surface area (Å²) in [5.74, 6) is 0.691. The Morgan fingerprint density at radius 1 is 1.21 bits per heavy atom. The van der Waals surface area contributed by atoms with Crippen molar-refractivity contribution in [1.82, 2.24) is 10.3 Å². The minimum absolute atomic E-state index is 0.0964. The maximum atomic E-state index is 12.4. The molecular formula is C20H24N2O2. The summed E-state index contributed by atoms with van der Waals surface area (Å²) in [6, 6.07) is 11.9. The third kappa shape index (κ3) is 4.13. The van der Waals surface area contributed by atoms with Gasteiger partial charge >= 0.3 is 0 Å². The van der Waals surface area contributed by atoms with E-state index in [-0.39, 0.29) is 5.91 Å². The Balaban J connectivity index is 1.60. The fourth-order valence-electron chi connectivity index (χ4n) is 3.06.